The molecule has 6 heteroatoms. The summed E-state index contributed by atoms with van der Waals surface area (Å²) >= 11 is 0. The van der Waals surface area contributed by atoms with Crippen LogP contribution in [0, 0.1) is 13.8 Å². The molecule has 1 atom stereocenters. The Morgan fingerprint density at radius 1 is 1.22 bits per heavy atom. The highest BCUT2D eigenvalue weighted by atomic mass is 16.6. The predicted molar refractivity (Wildman–Crippen MR) is 90.4 cm³/mol. The molecule has 0 heterocycles. The van der Waals surface area contributed by atoms with Gasteiger partial charge in [-0.3, -0.25) is 4.79 Å². The Bertz CT molecular complexity index is 568. The van der Waals surface area contributed by atoms with Gasteiger partial charge < -0.3 is 21.5 Å². The van der Waals surface area contributed by atoms with Crippen LogP contribution in [-0.4, -0.2) is 30.2 Å². The molecule has 0 unspecified atom stereocenters. The molecule has 0 radical (unpaired) electrons. The van der Waals surface area contributed by atoms with E-state index in [0.717, 1.165) is 16.7 Å². The number of amides is 2. The number of nitrogens with one attached hydrogen (secondary N) is 1. The maximum absolute atomic E-state index is 11.9. The van der Waals surface area contributed by atoms with Crippen LogP contribution >= 0.6 is 0 Å². The first-order valence-electron chi connectivity index (χ1n) is 7.63. The van der Waals surface area contributed by atoms with Gasteiger partial charge in [0.05, 0.1) is 0 Å². The fraction of sp³-hybridized carbons (Fsp3) is 0.529. The second-order valence-electron chi connectivity index (χ2n) is 6.74. The monoisotopic (exact) mass is 321 g/mol. The van der Waals surface area contributed by atoms with Gasteiger partial charge in [0.15, 0.2) is 0 Å². The molecule has 0 spiro atoms. The summed E-state index contributed by atoms with van der Waals surface area (Å²) in [7, 11) is 0. The molecule has 0 bridgehead atoms. The van der Waals surface area contributed by atoms with Crippen LogP contribution in [0.5, 0.6) is 0 Å². The third-order valence-corrected chi connectivity index (χ3v) is 3.44. The number of alkyl carbamates (subject to hydrolysis) is 1. The topological polar surface area (TPSA) is 107 Å². The summed E-state index contributed by atoms with van der Waals surface area (Å²) in [5, 5.41) is 2.79. The molecule has 23 heavy (non-hydrogen) atoms. The molecule has 0 aliphatic heterocycles. The second kappa shape index (κ2) is 7.46. The van der Waals surface area contributed by atoms with Crippen molar-refractivity contribution < 1.29 is 14.3 Å². The molecule has 2 amide bonds. The summed E-state index contributed by atoms with van der Waals surface area (Å²) in [6, 6.07) is 3.26. The smallest absolute Gasteiger partial charge is 0.407 e. The number of hydrogen-bond acceptors (Lipinski definition) is 4. The number of carbonyl (C=O) groups excluding carboxylic acids is 2. The summed E-state index contributed by atoms with van der Waals surface area (Å²) in [4.78, 5) is 23.2. The molecule has 0 aliphatic carbocycles. The third-order valence-electron chi connectivity index (χ3n) is 3.44. The van der Waals surface area contributed by atoms with E-state index in [0.29, 0.717) is 12.0 Å². The normalized spacial score (nSPS) is 12.6. The number of nitrogens with two attached hydrogens (primary N) is 2. The quantitative estimate of drug-likeness (QED) is 0.768. The Morgan fingerprint density at radius 2 is 1.74 bits per heavy atom. The number of benzene rings is 1. The van der Waals surface area contributed by atoms with E-state index in [1.807, 2.05) is 13.8 Å². The zero-order chi connectivity index (χ0) is 17.8. The molecule has 1 aromatic carbocycles. The van der Waals surface area contributed by atoms with Gasteiger partial charge in [-0.25, -0.2) is 4.79 Å². The van der Waals surface area contributed by atoms with Crippen molar-refractivity contribution in [2.24, 2.45) is 11.5 Å². The lowest BCUT2D eigenvalue weighted by atomic mass is 9.94. The van der Waals surface area contributed by atoms with Gasteiger partial charge in [0, 0.05) is 18.2 Å². The summed E-state index contributed by atoms with van der Waals surface area (Å²) in [6.07, 6.45) is 0.0731. The van der Waals surface area contributed by atoms with E-state index >= 15 is 0 Å². The largest absolute Gasteiger partial charge is 0.444 e. The first-order valence-corrected chi connectivity index (χ1v) is 7.63. The van der Waals surface area contributed by atoms with Crippen molar-refractivity contribution in [3.63, 3.8) is 0 Å². The van der Waals surface area contributed by atoms with Gasteiger partial charge in [0.2, 0.25) is 5.91 Å². The van der Waals surface area contributed by atoms with Crippen LogP contribution in [0.3, 0.4) is 0 Å². The second-order valence-corrected chi connectivity index (χ2v) is 6.74. The Kier molecular flexibility index (Phi) is 6.15. The molecule has 1 aromatic rings. The van der Waals surface area contributed by atoms with Crippen LogP contribution in [-0.2, 0) is 11.2 Å². The molecule has 128 valence electrons. The van der Waals surface area contributed by atoms with Crippen LogP contribution in [0.25, 0.3) is 0 Å². The van der Waals surface area contributed by atoms with Crippen molar-refractivity contribution in [2.45, 2.75) is 52.7 Å². The van der Waals surface area contributed by atoms with E-state index in [1.54, 1.807) is 32.9 Å². The summed E-state index contributed by atoms with van der Waals surface area (Å²) in [5.74, 6) is -0.454. The molecular weight excluding hydrogens is 294 g/mol. The van der Waals surface area contributed by atoms with Gasteiger partial charge in [-0.05, 0) is 69.9 Å². The molecule has 1 rings (SSSR count). The Labute approximate surface area is 137 Å². The molecule has 0 aromatic heterocycles. The van der Waals surface area contributed by atoms with Crippen molar-refractivity contribution in [3.05, 3.63) is 34.4 Å². The van der Waals surface area contributed by atoms with Gasteiger partial charge in [-0.1, -0.05) is 0 Å². The lowest BCUT2D eigenvalue weighted by Crippen LogP contribution is -2.44. The number of primary amides is 1. The number of hydrogen-bond donors (Lipinski definition) is 3. The maximum Gasteiger partial charge on any atom is 0.407 e. The van der Waals surface area contributed by atoms with Crippen LogP contribution < -0.4 is 16.8 Å². The predicted octanol–water partition coefficient (Wildman–Crippen LogP) is 1.80. The number of ether oxygens (including phenoxy) is 1. The van der Waals surface area contributed by atoms with E-state index in [4.69, 9.17) is 16.2 Å². The van der Waals surface area contributed by atoms with Crippen LogP contribution in [0.2, 0.25) is 0 Å². The van der Waals surface area contributed by atoms with Gasteiger partial charge in [-0.15, -0.1) is 0 Å². The third kappa shape index (κ3) is 5.90. The van der Waals surface area contributed by atoms with E-state index in [-0.39, 0.29) is 12.6 Å². The maximum atomic E-state index is 11.9. The first kappa shape index (κ1) is 19.0. The first-order chi connectivity index (χ1) is 10.5. The molecule has 0 aliphatic rings. The summed E-state index contributed by atoms with van der Waals surface area (Å²) < 4.78 is 5.25. The molecule has 0 fully saturated rings. The average Bonchev–Trinajstić information content (AvgIpc) is 2.38. The molecule has 0 saturated heterocycles. The highest BCUT2D eigenvalue weighted by Gasteiger charge is 2.20. The number of aryl methyl sites for hydroxylation is 2. The lowest BCUT2D eigenvalue weighted by Gasteiger charge is -2.24. The van der Waals surface area contributed by atoms with Crippen LogP contribution in [0.1, 0.15) is 47.8 Å². The molecule has 5 N–H and O–H groups in total. The zero-order valence-electron chi connectivity index (χ0n) is 14.5. The SMILES string of the molecule is Cc1cc(C(N)=O)cc(C)c1C[C@@H](CN)NC(=O)OC(C)(C)C. The van der Waals surface area contributed by atoms with Crippen molar-refractivity contribution in [1.82, 2.24) is 5.32 Å². The van der Waals surface area contributed by atoms with Gasteiger partial charge in [0.25, 0.3) is 0 Å². The van der Waals surface area contributed by atoms with Crippen molar-refractivity contribution in [3.8, 4) is 0 Å². The minimum absolute atomic E-state index is 0.248. The van der Waals surface area contributed by atoms with E-state index < -0.39 is 17.6 Å². The average molecular weight is 321 g/mol. The van der Waals surface area contributed by atoms with Crippen molar-refractivity contribution in [1.29, 1.82) is 0 Å². The highest BCUT2D eigenvalue weighted by Crippen LogP contribution is 2.18. The van der Waals surface area contributed by atoms with E-state index in [2.05, 4.69) is 5.32 Å². The zero-order valence-corrected chi connectivity index (χ0v) is 14.5. The van der Waals surface area contributed by atoms with Crippen molar-refractivity contribution >= 4 is 12.0 Å². The fourth-order valence-electron chi connectivity index (χ4n) is 2.37. The van der Waals surface area contributed by atoms with Gasteiger partial charge >= 0.3 is 6.09 Å². The Hall–Kier alpha value is -2.08. The number of rotatable bonds is 5. The molecular formula is C17H27N3O3. The standard InChI is InChI=1S/C17H27N3O3/c1-10-6-12(15(19)21)7-11(2)14(10)8-13(9-18)20-16(22)23-17(3,4)5/h6-7,13H,8-9,18H2,1-5H3,(H2,19,21)(H,20,22)/t13-/m0/s1. The summed E-state index contributed by atoms with van der Waals surface area (Å²) in [5.41, 5.74) is 13.9. The highest BCUT2D eigenvalue weighted by molar-refractivity contribution is 5.93. The van der Waals surface area contributed by atoms with Crippen LogP contribution in [0.4, 0.5) is 4.79 Å². The van der Waals surface area contributed by atoms with Gasteiger partial charge in [0.1, 0.15) is 5.60 Å². The number of carbonyl (C=O) groups is 2. The molecule has 6 nitrogen and oxygen atoms in total. The van der Waals surface area contributed by atoms with E-state index in [1.165, 1.54) is 0 Å². The van der Waals surface area contributed by atoms with Crippen LogP contribution in [0.15, 0.2) is 12.1 Å². The summed E-state index contributed by atoms with van der Waals surface area (Å²) in [6.45, 7) is 9.53. The minimum Gasteiger partial charge on any atom is -0.444 e. The lowest BCUT2D eigenvalue weighted by molar-refractivity contribution is 0.0505. The minimum atomic E-state index is -0.557. The van der Waals surface area contributed by atoms with Crippen molar-refractivity contribution in [2.75, 3.05) is 6.54 Å². The van der Waals surface area contributed by atoms with E-state index in [9.17, 15) is 9.59 Å². The molecule has 0 saturated carbocycles. The van der Waals surface area contributed by atoms with Gasteiger partial charge in [-0.2, -0.15) is 0 Å². The fourth-order valence-corrected chi connectivity index (χ4v) is 2.37. The Morgan fingerprint density at radius 3 is 2.13 bits per heavy atom. The Balaban J connectivity index is 2.88.